The van der Waals surface area contributed by atoms with Gasteiger partial charge in [-0.25, -0.2) is 10.5 Å². The molecule has 7 nitrogen and oxygen atoms in total. The molecule has 0 saturated carbocycles. The van der Waals surface area contributed by atoms with Gasteiger partial charge in [-0.05, 0) is 36.7 Å². The van der Waals surface area contributed by atoms with Crippen LogP contribution >= 0.6 is 11.8 Å². The molecule has 0 radical (unpaired) electrons. The number of anilines is 1. The largest absolute Gasteiger partial charge is 0.306 e. The molecule has 0 aromatic carbocycles. The number of pyridine rings is 1. The van der Waals surface area contributed by atoms with Crippen LogP contribution in [0, 0.1) is 10.8 Å². The molecule has 0 spiro atoms. The van der Waals surface area contributed by atoms with E-state index in [1.165, 1.54) is 0 Å². The van der Waals surface area contributed by atoms with Crippen molar-refractivity contribution < 1.29 is 10.0 Å². The summed E-state index contributed by atoms with van der Waals surface area (Å²) >= 11 is 1.04. The number of unbranched alkanes of at least 4 members (excludes halogenated alkanes) is 3. The minimum atomic E-state index is -0.362. The number of nitrogens with one attached hydrogen (secondary N) is 3. The molecule has 0 bridgehead atoms. The molecule has 4 N–H and O–H groups in total. The summed E-state index contributed by atoms with van der Waals surface area (Å²) in [6.45, 7) is 0.642. The van der Waals surface area contributed by atoms with Crippen molar-refractivity contribution in [1.82, 2.24) is 10.5 Å². The molecule has 1 aromatic rings. The first kappa shape index (κ1) is 18.1. The predicted molar refractivity (Wildman–Crippen MR) is 88.7 cm³/mol. The van der Waals surface area contributed by atoms with Crippen LogP contribution in [0.15, 0.2) is 24.4 Å². The third kappa shape index (κ3) is 6.68. The highest BCUT2D eigenvalue weighted by Gasteiger charge is 2.12. The second-order valence-corrected chi connectivity index (χ2v) is 5.44. The topological polar surface area (TPSA) is 113 Å². The monoisotopic (exact) mass is 323 g/mol. The van der Waals surface area contributed by atoms with Gasteiger partial charge in [-0.1, -0.05) is 18.9 Å². The number of aromatic nitrogens is 1. The number of nitrogens with zero attached hydrogens (tertiary/aromatic N) is 2. The van der Waals surface area contributed by atoms with E-state index in [2.05, 4.69) is 4.98 Å². The van der Waals surface area contributed by atoms with Gasteiger partial charge in [0, 0.05) is 19.2 Å². The Morgan fingerprint density at radius 2 is 2.14 bits per heavy atom. The van der Waals surface area contributed by atoms with Crippen LogP contribution in [0.4, 0.5) is 5.82 Å². The number of thioether (sulfide) groups is 1. The van der Waals surface area contributed by atoms with Gasteiger partial charge in [0.2, 0.25) is 5.91 Å². The standard InChI is InChI=1S/C14H21N5O2S/c15-11-22-14(16)19(12-7-4-5-9-17-12)10-6-2-1-3-8-13(20)18-21/h4-5,7,9,11,15-16,21H,1-3,6,8,10H2,(H,18,20). The summed E-state index contributed by atoms with van der Waals surface area (Å²) in [5, 5.41) is 23.8. The van der Waals surface area contributed by atoms with Crippen LogP contribution in [0.25, 0.3) is 0 Å². The molecule has 1 heterocycles. The van der Waals surface area contributed by atoms with Gasteiger partial charge in [-0.3, -0.25) is 15.4 Å². The Bertz CT molecular complexity index is 483. The summed E-state index contributed by atoms with van der Waals surface area (Å²) in [5.74, 6) is 0.334. The van der Waals surface area contributed by atoms with Crippen LogP contribution < -0.4 is 10.4 Å². The molecule has 1 rings (SSSR count). The Morgan fingerprint density at radius 3 is 2.77 bits per heavy atom. The predicted octanol–water partition coefficient (Wildman–Crippen LogP) is 2.62. The maximum atomic E-state index is 10.9. The number of hydrogen-bond acceptors (Lipinski definition) is 6. The molecule has 0 aliphatic carbocycles. The highest BCUT2D eigenvalue weighted by atomic mass is 32.2. The second kappa shape index (κ2) is 10.7. The fourth-order valence-corrected chi connectivity index (χ4v) is 2.34. The highest BCUT2D eigenvalue weighted by molar-refractivity contribution is 8.25. The maximum Gasteiger partial charge on any atom is 0.243 e. The van der Waals surface area contributed by atoms with Crippen molar-refractivity contribution in [1.29, 1.82) is 10.8 Å². The molecule has 0 aliphatic rings. The Labute approximate surface area is 134 Å². The molecule has 120 valence electrons. The molecule has 0 unspecified atom stereocenters. The third-order valence-electron chi connectivity index (χ3n) is 3.00. The number of carbonyl (C=O) groups excluding carboxylic acids is 1. The van der Waals surface area contributed by atoms with Gasteiger partial charge in [-0.2, -0.15) is 0 Å². The first-order chi connectivity index (χ1) is 10.7. The summed E-state index contributed by atoms with van der Waals surface area (Å²) < 4.78 is 0. The summed E-state index contributed by atoms with van der Waals surface area (Å²) in [7, 11) is 0. The second-order valence-electron chi connectivity index (χ2n) is 4.58. The molecule has 0 atom stereocenters. The van der Waals surface area contributed by atoms with Gasteiger partial charge in [0.1, 0.15) is 5.82 Å². The van der Waals surface area contributed by atoms with Crippen LogP contribution in [0.5, 0.6) is 0 Å². The van der Waals surface area contributed by atoms with E-state index in [-0.39, 0.29) is 11.1 Å². The molecule has 0 fully saturated rings. The Kier molecular flexibility index (Phi) is 8.85. The summed E-state index contributed by atoms with van der Waals surface area (Å²) in [4.78, 5) is 16.9. The first-order valence-corrected chi connectivity index (χ1v) is 7.92. The van der Waals surface area contributed by atoms with E-state index < -0.39 is 0 Å². The van der Waals surface area contributed by atoms with Crippen molar-refractivity contribution >= 4 is 34.2 Å². The fourth-order valence-electron chi connectivity index (χ4n) is 1.92. The summed E-state index contributed by atoms with van der Waals surface area (Å²) in [6.07, 6.45) is 5.39. The first-order valence-electron chi connectivity index (χ1n) is 7.04. The molecule has 22 heavy (non-hydrogen) atoms. The molecule has 1 amide bonds. The summed E-state index contributed by atoms with van der Waals surface area (Å²) in [5.41, 5.74) is 2.75. The van der Waals surface area contributed by atoms with Gasteiger partial charge < -0.3 is 10.3 Å². The lowest BCUT2D eigenvalue weighted by molar-refractivity contribution is -0.129. The zero-order chi connectivity index (χ0) is 16.2. The quantitative estimate of drug-likeness (QED) is 0.183. The number of rotatable bonds is 9. The van der Waals surface area contributed by atoms with E-state index in [1.54, 1.807) is 16.6 Å². The van der Waals surface area contributed by atoms with Gasteiger partial charge >= 0.3 is 0 Å². The van der Waals surface area contributed by atoms with E-state index in [4.69, 9.17) is 16.0 Å². The Balaban J connectivity index is 2.41. The average Bonchev–Trinajstić information content (AvgIpc) is 2.54. The van der Waals surface area contributed by atoms with Gasteiger partial charge in [0.25, 0.3) is 0 Å². The lowest BCUT2D eigenvalue weighted by atomic mass is 10.1. The van der Waals surface area contributed by atoms with Crippen LogP contribution in [-0.2, 0) is 4.79 Å². The minimum Gasteiger partial charge on any atom is -0.306 e. The normalized spacial score (nSPS) is 10.0. The van der Waals surface area contributed by atoms with Gasteiger partial charge in [0.05, 0.1) is 5.55 Å². The number of hydroxylamine groups is 1. The molecule has 0 aliphatic heterocycles. The van der Waals surface area contributed by atoms with Crippen LogP contribution in [0.3, 0.4) is 0 Å². The van der Waals surface area contributed by atoms with Crippen LogP contribution in [0.1, 0.15) is 32.1 Å². The third-order valence-corrected chi connectivity index (χ3v) is 3.56. The van der Waals surface area contributed by atoms with E-state index in [0.717, 1.165) is 43.0 Å². The SMILES string of the molecule is N=CSC(=N)N(CCCCCCC(=O)NO)c1ccccn1. The number of carbonyl (C=O) groups is 1. The molecule has 0 saturated heterocycles. The molecule has 8 heteroatoms. The maximum absolute atomic E-state index is 10.9. The Morgan fingerprint density at radius 1 is 1.36 bits per heavy atom. The van der Waals surface area contributed by atoms with Crippen molar-refractivity contribution in [2.45, 2.75) is 32.1 Å². The zero-order valence-corrected chi connectivity index (χ0v) is 13.1. The van der Waals surface area contributed by atoms with Gasteiger partial charge in [-0.15, -0.1) is 0 Å². The molecule has 1 aromatic heterocycles. The van der Waals surface area contributed by atoms with Crippen molar-refractivity contribution in [3.63, 3.8) is 0 Å². The highest BCUT2D eigenvalue weighted by Crippen LogP contribution is 2.16. The van der Waals surface area contributed by atoms with E-state index in [1.807, 2.05) is 18.2 Å². The van der Waals surface area contributed by atoms with Crippen LogP contribution in [0.2, 0.25) is 0 Å². The number of amidine groups is 1. The molecular formula is C14H21N5O2S. The average molecular weight is 323 g/mol. The fraction of sp³-hybridized carbons (Fsp3) is 0.429. The Hall–Kier alpha value is -1.93. The van der Waals surface area contributed by atoms with Crippen molar-refractivity contribution in [2.75, 3.05) is 11.4 Å². The number of amides is 1. The van der Waals surface area contributed by atoms with Gasteiger partial charge in [0.15, 0.2) is 5.17 Å². The zero-order valence-electron chi connectivity index (χ0n) is 12.3. The lowest BCUT2D eigenvalue weighted by Crippen LogP contribution is -2.29. The molecular weight excluding hydrogens is 302 g/mol. The lowest BCUT2D eigenvalue weighted by Gasteiger charge is -2.22. The number of hydrogen-bond donors (Lipinski definition) is 4. The smallest absolute Gasteiger partial charge is 0.243 e. The van der Waals surface area contributed by atoms with E-state index >= 15 is 0 Å². The van der Waals surface area contributed by atoms with Crippen molar-refractivity contribution in [2.24, 2.45) is 0 Å². The van der Waals surface area contributed by atoms with Crippen molar-refractivity contribution in [3.8, 4) is 0 Å². The minimum absolute atomic E-state index is 0.272. The summed E-state index contributed by atoms with van der Waals surface area (Å²) in [6, 6.07) is 5.52. The van der Waals surface area contributed by atoms with Crippen molar-refractivity contribution in [3.05, 3.63) is 24.4 Å². The van der Waals surface area contributed by atoms with E-state index in [9.17, 15) is 4.79 Å². The van der Waals surface area contributed by atoms with Crippen LogP contribution in [-0.4, -0.2) is 33.4 Å². The van der Waals surface area contributed by atoms with E-state index in [0.29, 0.717) is 18.8 Å².